The maximum absolute atomic E-state index is 13.7. The molecule has 2 aromatic heterocycles. The van der Waals surface area contributed by atoms with Gasteiger partial charge in [0.2, 0.25) is 13.1 Å². The minimum Gasteiger partial charge on any atom is -0.428 e. The highest BCUT2D eigenvalue weighted by atomic mass is 32.1. The molecule has 0 radical (unpaired) electrons. The SMILES string of the molecule is CC(=O)C1CCC(C(=O)OCOC(=O)C2CCC(C(=O)Oc3ccc(OC(=O)C4CCC(C(=O)OC(C)OC(=O)C5CCC(C(C)=O)CC5)CC4)c4nc(-c5nc6ccccc6s5)sc34)CC2)CC1. The first-order chi connectivity index (χ1) is 33.2. The van der Waals surface area contributed by atoms with E-state index in [2.05, 4.69) is 0 Å². The third kappa shape index (κ3) is 12.2. The average molecular weight is 987 g/mol. The van der Waals surface area contributed by atoms with Gasteiger partial charge >= 0.3 is 35.8 Å². The summed E-state index contributed by atoms with van der Waals surface area (Å²) in [5, 5.41) is 1.20. The van der Waals surface area contributed by atoms with Crippen LogP contribution in [0.5, 0.6) is 11.5 Å². The Balaban J connectivity index is 0.847. The molecule has 0 spiro atoms. The largest absolute Gasteiger partial charge is 0.428 e. The van der Waals surface area contributed by atoms with E-state index in [0.717, 1.165) is 10.2 Å². The first kappa shape index (κ1) is 49.8. The van der Waals surface area contributed by atoms with Gasteiger partial charge in [-0.05, 0) is 141 Å². The van der Waals surface area contributed by atoms with Gasteiger partial charge in [0.15, 0.2) is 21.5 Å². The molecule has 69 heavy (non-hydrogen) atoms. The summed E-state index contributed by atoms with van der Waals surface area (Å²) in [5.74, 6) is -4.72. The van der Waals surface area contributed by atoms with Crippen LogP contribution in [0, 0.1) is 47.3 Å². The Hall–Kier alpha value is -5.62. The molecular weight excluding hydrogens is 929 g/mol. The number of ether oxygens (including phenoxy) is 6. The van der Waals surface area contributed by atoms with E-state index < -0.39 is 72.6 Å². The summed E-state index contributed by atoms with van der Waals surface area (Å²) in [6.45, 7) is 4.17. The first-order valence-corrected chi connectivity index (χ1v) is 25.8. The first-order valence-electron chi connectivity index (χ1n) is 24.2. The van der Waals surface area contributed by atoms with Gasteiger partial charge in [0.05, 0.1) is 45.7 Å². The zero-order chi connectivity index (χ0) is 48.8. The van der Waals surface area contributed by atoms with Crippen LogP contribution >= 0.6 is 22.7 Å². The van der Waals surface area contributed by atoms with Crippen LogP contribution in [-0.4, -0.2) is 70.4 Å². The fourth-order valence-electron chi connectivity index (χ4n) is 10.1. The zero-order valence-electron chi connectivity index (χ0n) is 39.1. The standard InChI is InChI=1S/C51H58N2O14S2/c1-27(54)30-8-12-32(13-9-30)46(56)62-26-63-47(57)33-16-18-37(19-17-33)51(61)67-40-25-24-39(42-43(40)69-45(53-42)44-52-38-6-4-5-7-41(38)68-44)66-50(60)36-22-20-35(21-23-36)49(59)65-29(3)64-48(58)34-14-10-31(11-15-34)28(2)55/h4-7,24-25,29-37H,8-23,26H2,1-3H3. The van der Waals surface area contributed by atoms with Gasteiger partial charge in [-0.15, -0.1) is 22.7 Å². The third-order valence-corrected chi connectivity index (χ3v) is 16.6. The molecule has 0 bridgehead atoms. The molecule has 0 N–H and O–H groups in total. The van der Waals surface area contributed by atoms with E-state index in [0.29, 0.717) is 123 Å². The summed E-state index contributed by atoms with van der Waals surface area (Å²) in [6.07, 6.45) is 6.77. The van der Waals surface area contributed by atoms with Crippen LogP contribution < -0.4 is 9.47 Å². The van der Waals surface area contributed by atoms with Crippen LogP contribution in [0.25, 0.3) is 30.4 Å². The van der Waals surface area contributed by atoms with Crippen LogP contribution in [0.15, 0.2) is 36.4 Å². The molecule has 4 aromatic rings. The number of carbonyl (C=O) groups excluding carboxylic acids is 8. The number of benzene rings is 2. The molecule has 1 atom stereocenters. The molecule has 18 heteroatoms. The maximum Gasteiger partial charge on any atom is 0.314 e. The number of fused-ring (bicyclic) bond motifs is 2. The van der Waals surface area contributed by atoms with Gasteiger partial charge < -0.3 is 28.4 Å². The Bertz CT molecular complexity index is 2540. The number of carbonyl (C=O) groups is 8. The number of nitrogens with zero attached hydrogens (tertiary/aromatic N) is 2. The highest BCUT2D eigenvalue weighted by Gasteiger charge is 2.37. The second kappa shape index (κ2) is 22.4. The van der Waals surface area contributed by atoms with E-state index in [9.17, 15) is 38.4 Å². The Morgan fingerprint density at radius 2 is 0.884 bits per heavy atom. The lowest BCUT2D eigenvalue weighted by Crippen LogP contribution is -2.33. The fraction of sp³-hybridized carbons (Fsp3) is 0.569. The minimum atomic E-state index is -1.07. The Morgan fingerprint density at radius 1 is 0.493 bits per heavy atom. The fourth-order valence-corrected chi connectivity index (χ4v) is 12.1. The highest BCUT2D eigenvalue weighted by Crippen LogP contribution is 2.44. The van der Waals surface area contributed by atoms with Crippen molar-refractivity contribution < 1.29 is 66.8 Å². The van der Waals surface area contributed by atoms with E-state index in [1.807, 2.05) is 24.3 Å². The van der Waals surface area contributed by atoms with Crippen molar-refractivity contribution >= 4 is 90.5 Å². The lowest BCUT2D eigenvalue weighted by molar-refractivity contribution is -0.192. The lowest BCUT2D eigenvalue weighted by Gasteiger charge is -2.28. The molecule has 0 amide bonds. The van der Waals surface area contributed by atoms with Crippen molar-refractivity contribution in [3.63, 3.8) is 0 Å². The van der Waals surface area contributed by atoms with Crippen LogP contribution in [0.2, 0.25) is 0 Å². The van der Waals surface area contributed by atoms with Crippen molar-refractivity contribution in [3.05, 3.63) is 36.4 Å². The van der Waals surface area contributed by atoms with Crippen molar-refractivity contribution in [2.24, 2.45) is 47.3 Å². The summed E-state index contributed by atoms with van der Waals surface area (Å²) in [7, 11) is 0. The van der Waals surface area contributed by atoms with Gasteiger partial charge in [0.1, 0.15) is 21.8 Å². The summed E-state index contributed by atoms with van der Waals surface area (Å²) in [4.78, 5) is 112. The molecule has 2 heterocycles. The monoisotopic (exact) mass is 986 g/mol. The topological polar surface area (TPSA) is 218 Å². The zero-order valence-corrected chi connectivity index (χ0v) is 40.7. The molecule has 0 saturated heterocycles. The van der Waals surface area contributed by atoms with E-state index >= 15 is 0 Å². The van der Waals surface area contributed by atoms with Crippen molar-refractivity contribution in [1.82, 2.24) is 9.97 Å². The number of para-hydroxylation sites is 1. The number of hydrogen-bond acceptors (Lipinski definition) is 18. The van der Waals surface area contributed by atoms with Gasteiger partial charge in [0.25, 0.3) is 0 Å². The van der Waals surface area contributed by atoms with E-state index in [1.165, 1.54) is 29.6 Å². The average Bonchev–Trinajstić information content (AvgIpc) is 4.01. The number of aromatic nitrogens is 2. The van der Waals surface area contributed by atoms with Crippen molar-refractivity contribution in [2.45, 2.75) is 130 Å². The van der Waals surface area contributed by atoms with Crippen molar-refractivity contribution in [2.75, 3.05) is 6.79 Å². The Kier molecular flexibility index (Phi) is 16.2. The van der Waals surface area contributed by atoms with Gasteiger partial charge in [-0.25, -0.2) is 9.97 Å². The number of ketones is 2. The van der Waals surface area contributed by atoms with E-state index in [-0.39, 0.29) is 46.7 Å². The molecule has 368 valence electrons. The number of rotatable bonds is 15. The van der Waals surface area contributed by atoms with Crippen LogP contribution in [0.1, 0.15) is 124 Å². The maximum atomic E-state index is 13.7. The van der Waals surface area contributed by atoms with E-state index in [4.69, 9.17) is 38.4 Å². The molecule has 0 aliphatic heterocycles. The van der Waals surface area contributed by atoms with Crippen molar-refractivity contribution in [1.29, 1.82) is 0 Å². The molecule has 16 nitrogen and oxygen atoms in total. The molecular formula is C51H58N2O14S2. The highest BCUT2D eigenvalue weighted by molar-refractivity contribution is 7.28. The van der Waals surface area contributed by atoms with Crippen molar-refractivity contribution in [3.8, 4) is 21.5 Å². The smallest absolute Gasteiger partial charge is 0.314 e. The molecule has 4 aliphatic rings. The van der Waals surface area contributed by atoms with Gasteiger partial charge in [-0.1, -0.05) is 12.1 Å². The van der Waals surface area contributed by atoms with Gasteiger partial charge in [-0.2, -0.15) is 0 Å². The molecule has 2 aromatic carbocycles. The normalized spacial score (nSPS) is 25.4. The molecule has 1 unspecified atom stereocenters. The summed E-state index contributed by atoms with van der Waals surface area (Å²) in [5.41, 5.74) is 1.13. The Labute approximate surface area is 407 Å². The molecule has 4 fully saturated rings. The predicted molar refractivity (Wildman–Crippen MR) is 251 cm³/mol. The van der Waals surface area contributed by atoms with E-state index in [1.54, 1.807) is 26.0 Å². The molecule has 4 aliphatic carbocycles. The van der Waals surface area contributed by atoms with Crippen LogP contribution in [0.4, 0.5) is 0 Å². The number of thiazole rings is 2. The number of hydrogen-bond donors (Lipinski definition) is 0. The summed E-state index contributed by atoms with van der Waals surface area (Å²) < 4.78 is 35.0. The molecule has 4 saturated carbocycles. The summed E-state index contributed by atoms with van der Waals surface area (Å²) in [6, 6.07) is 10.8. The third-order valence-electron chi connectivity index (χ3n) is 14.4. The lowest BCUT2D eigenvalue weighted by atomic mass is 9.80. The van der Waals surface area contributed by atoms with Crippen LogP contribution in [-0.2, 0) is 57.3 Å². The predicted octanol–water partition coefficient (Wildman–Crippen LogP) is 9.26. The van der Waals surface area contributed by atoms with Crippen LogP contribution in [0.3, 0.4) is 0 Å². The second-order valence-electron chi connectivity index (χ2n) is 19.0. The number of esters is 6. The van der Waals surface area contributed by atoms with Gasteiger partial charge in [-0.3, -0.25) is 38.4 Å². The number of Topliss-reactive ketones (excluding diaryl/α,β-unsaturated/α-hetero) is 2. The summed E-state index contributed by atoms with van der Waals surface area (Å²) >= 11 is 2.72. The minimum absolute atomic E-state index is 0.0182. The van der Waals surface area contributed by atoms with Gasteiger partial charge in [0, 0.05) is 18.8 Å². The molecule has 8 rings (SSSR count). The second-order valence-corrected chi connectivity index (χ2v) is 21.0. The quantitative estimate of drug-likeness (QED) is 0.0616. The Morgan fingerprint density at radius 3 is 1.35 bits per heavy atom.